The summed E-state index contributed by atoms with van der Waals surface area (Å²) < 4.78 is 46.2. The molecule has 1 amide bonds. The van der Waals surface area contributed by atoms with Crippen molar-refractivity contribution in [2.75, 3.05) is 7.11 Å². The lowest BCUT2D eigenvalue weighted by molar-refractivity contribution is -0.380. The highest BCUT2D eigenvalue weighted by Gasteiger charge is 2.54. The van der Waals surface area contributed by atoms with Crippen LogP contribution in [0, 0.1) is 0 Å². The Hall–Kier alpha value is -1.17. The molecule has 286 valence electrons. The molecule has 8 unspecified atom stereocenters. The number of methoxy groups -OCH3 is 1. The predicted octanol–water partition coefficient (Wildman–Crippen LogP) is -3.63. The molecule has 0 aromatic rings. The summed E-state index contributed by atoms with van der Waals surface area (Å²) in [5.41, 5.74) is -1.29. The van der Waals surface area contributed by atoms with Crippen LogP contribution < -0.4 is 5.32 Å². The van der Waals surface area contributed by atoms with Crippen molar-refractivity contribution in [3.05, 3.63) is 0 Å². The Bertz CT molecular complexity index is 1080. The number of rotatable bonds is 10. The van der Waals surface area contributed by atoms with Gasteiger partial charge in [0.15, 0.2) is 18.9 Å². The van der Waals surface area contributed by atoms with Crippen LogP contribution in [0.25, 0.3) is 0 Å². The molecule has 0 aliphatic carbocycles. The van der Waals surface area contributed by atoms with E-state index in [9.17, 15) is 45.6 Å². The fourth-order valence-corrected chi connectivity index (χ4v) is 6.65. The second-order valence-electron chi connectivity index (χ2n) is 14.2. The van der Waals surface area contributed by atoms with Crippen LogP contribution in [-0.2, 0) is 42.7 Å². The van der Waals surface area contributed by atoms with Crippen LogP contribution in [0.1, 0.15) is 54.9 Å². The van der Waals surface area contributed by atoms with Gasteiger partial charge in [0.2, 0.25) is 5.91 Å². The van der Waals surface area contributed by atoms with Gasteiger partial charge < -0.3 is 84.1 Å². The van der Waals surface area contributed by atoms with Gasteiger partial charge in [-0.15, -0.1) is 0 Å². The molecule has 4 saturated heterocycles. The van der Waals surface area contributed by atoms with E-state index in [0.29, 0.717) is 0 Å². The molecule has 9 N–H and O–H groups in total. The lowest BCUT2D eigenvalue weighted by atomic mass is 9.94. The summed E-state index contributed by atoms with van der Waals surface area (Å²) in [5.74, 6) is -0.533. The Kier molecular flexibility index (Phi) is 13.5. The smallest absolute Gasteiger partial charge is 0.223 e. The van der Waals surface area contributed by atoms with E-state index in [2.05, 4.69) is 5.32 Å². The van der Waals surface area contributed by atoms with Crippen LogP contribution in [0.4, 0.5) is 0 Å². The Morgan fingerprint density at radius 3 is 1.51 bits per heavy atom. The van der Waals surface area contributed by atoms with Crippen molar-refractivity contribution in [2.45, 2.75) is 183 Å². The summed E-state index contributed by atoms with van der Waals surface area (Å²) in [6.07, 6.45) is -24.5. The minimum atomic E-state index is -1.74. The molecule has 20 atom stereocenters. The second-order valence-corrected chi connectivity index (χ2v) is 14.2. The van der Waals surface area contributed by atoms with Crippen LogP contribution in [0.3, 0.4) is 0 Å². The molecular weight excluding hydrogens is 658 g/mol. The molecule has 0 spiro atoms. The van der Waals surface area contributed by atoms with Crippen molar-refractivity contribution in [3.63, 3.8) is 0 Å². The quantitative estimate of drug-likeness (QED) is 0.106. The molecule has 4 aliphatic heterocycles. The van der Waals surface area contributed by atoms with E-state index in [1.54, 1.807) is 20.8 Å². The number of aliphatic hydroxyl groups excluding tert-OH is 7. The average Bonchev–Trinajstić information content (AvgIpc) is 3.00. The first-order chi connectivity index (χ1) is 22.7. The minimum absolute atomic E-state index is 0.235. The number of amides is 1. The summed E-state index contributed by atoms with van der Waals surface area (Å²) in [6, 6.07) is -0.955. The maximum Gasteiger partial charge on any atom is 0.223 e. The molecule has 0 aromatic heterocycles. The van der Waals surface area contributed by atoms with Crippen molar-refractivity contribution in [1.29, 1.82) is 0 Å². The molecule has 49 heavy (non-hydrogen) atoms. The van der Waals surface area contributed by atoms with Crippen molar-refractivity contribution in [2.24, 2.45) is 0 Å². The molecule has 4 rings (SSSR count). The van der Waals surface area contributed by atoms with Crippen LogP contribution in [0.15, 0.2) is 0 Å². The molecular formula is C31H55NO17. The first-order valence-corrected chi connectivity index (χ1v) is 16.6. The summed E-state index contributed by atoms with van der Waals surface area (Å²) >= 11 is 0. The van der Waals surface area contributed by atoms with Gasteiger partial charge in [-0.1, -0.05) is 0 Å². The van der Waals surface area contributed by atoms with Gasteiger partial charge >= 0.3 is 0 Å². The summed E-state index contributed by atoms with van der Waals surface area (Å²) in [5, 5.41) is 89.2. The Morgan fingerprint density at radius 2 is 1.02 bits per heavy atom. The SMILES string of the molecule is COC1[C@H](O[C@@H]2C(O)[C@H](O[C@@H]3C(O)[C@H](OC4[C@H](C)OC(C)[C@H](O)[C@@H]4O)OC(C)[C@@H]3O)OC(C)[C@@H]2O)OC(C)[C@@H](NC(=O)CC(C)(C)O)[C@@H]1O. The van der Waals surface area contributed by atoms with Crippen LogP contribution in [-0.4, -0.2) is 182 Å². The highest BCUT2D eigenvalue weighted by molar-refractivity contribution is 5.77. The molecule has 0 saturated carbocycles. The highest BCUT2D eigenvalue weighted by Crippen LogP contribution is 2.34. The zero-order chi connectivity index (χ0) is 36.7. The zero-order valence-corrected chi connectivity index (χ0v) is 29.0. The largest absolute Gasteiger partial charge is 0.390 e. The number of carbonyl (C=O) groups excluding carboxylic acids is 1. The minimum Gasteiger partial charge on any atom is -0.390 e. The fraction of sp³-hybridized carbons (Fsp3) is 0.968. The Morgan fingerprint density at radius 1 is 0.571 bits per heavy atom. The van der Waals surface area contributed by atoms with Crippen molar-refractivity contribution in [3.8, 4) is 0 Å². The van der Waals surface area contributed by atoms with Crippen LogP contribution in [0.2, 0.25) is 0 Å². The van der Waals surface area contributed by atoms with Crippen LogP contribution >= 0.6 is 0 Å². The monoisotopic (exact) mass is 713 g/mol. The molecule has 18 nitrogen and oxygen atoms in total. The maximum atomic E-state index is 12.5. The lowest BCUT2D eigenvalue weighted by Crippen LogP contribution is -2.67. The van der Waals surface area contributed by atoms with Gasteiger partial charge in [-0.3, -0.25) is 4.79 Å². The van der Waals surface area contributed by atoms with E-state index in [0.717, 1.165) is 0 Å². The van der Waals surface area contributed by atoms with E-state index in [-0.39, 0.29) is 6.42 Å². The third-order valence-corrected chi connectivity index (χ3v) is 9.52. The second kappa shape index (κ2) is 16.2. The van der Waals surface area contributed by atoms with E-state index in [1.807, 2.05) is 0 Å². The number of nitrogens with one attached hydrogen (secondary N) is 1. The molecule has 0 radical (unpaired) electrons. The first kappa shape index (κ1) is 40.6. The normalized spacial score (nSPS) is 49.8. The van der Waals surface area contributed by atoms with E-state index < -0.39 is 134 Å². The first-order valence-electron chi connectivity index (χ1n) is 16.6. The van der Waals surface area contributed by atoms with Gasteiger partial charge in [-0.05, 0) is 48.5 Å². The molecule has 4 aliphatic rings. The summed E-state index contributed by atoms with van der Waals surface area (Å²) in [4.78, 5) is 12.5. The van der Waals surface area contributed by atoms with Crippen LogP contribution in [0.5, 0.6) is 0 Å². The standard InChI is InChI=1S/C31H55NO17/c1-10-16(32-15(33)9-31(6,7)41)20(37)27(42-8)30(44-10)49-26-19(36)13(4)46-29(23(26)40)48-25-18(35)12(3)45-28(22(25)39)47-24-14(5)43-11(2)17(34)21(24)38/h10-14,16-30,34-41H,9H2,1-8H3,(H,32,33)/t10?,11?,12?,13?,14-,16+,17-,18-,19-,20-,21-,22?,23?,24?,25-,26-,27?,28-,29-,30-/m0/s1. The van der Waals surface area contributed by atoms with Gasteiger partial charge in [0.05, 0.1) is 48.6 Å². The maximum absolute atomic E-state index is 12.5. The van der Waals surface area contributed by atoms with E-state index >= 15 is 0 Å². The third kappa shape index (κ3) is 9.08. The Labute approximate surface area is 285 Å². The molecule has 4 fully saturated rings. The van der Waals surface area contributed by atoms with Crippen molar-refractivity contribution < 1.29 is 83.5 Å². The Balaban J connectivity index is 1.46. The molecule has 0 bridgehead atoms. The highest BCUT2D eigenvalue weighted by atomic mass is 16.8. The topological polar surface area (TPSA) is 265 Å². The number of carbonyl (C=O) groups is 1. The molecule has 18 heteroatoms. The zero-order valence-electron chi connectivity index (χ0n) is 29.0. The summed E-state index contributed by atoms with van der Waals surface area (Å²) in [6.45, 7) is 10.7. The van der Waals surface area contributed by atoms with Gasteiger partial charge in [0.25, 0.3) is 0 Å². The van der Waals surface area contributed by atoms with Gasteiger partial charge in [0.1, 0.15) is 67.1 Å². The number of hydrogen-bond donors (Lipinski definition) is 9. The third-order valence-electron chi connectivity index (χ3n) is 9.52. The average molecular weight is 714 g/mol. The lowest BCUT2D eigenvalue weighted by Gasteiger charge is -2.49. The summed E-state index contributed by atoms with van der Waals surface area (Å²) in [7, 11) is 1.28. The van der Waals surface area contributed by atoms with Gasteiger partial charge in [0, 0.05) is 7.11 Å². The van der Waals surface area contributed by atoms with Gasteiger partial charge in [-0.25, -0.2) is 0 Å². The molecule has 0 aromatic carbocycles. The van der Waals surface area contributed by atoms with Gasteiger partial charge in [-0.2, -0.15) is 0 Å². The number of hydrogen-bond acceptors (Lipinski definition) is 17. The number of aliphatic hydroxyl groups is 8. The van der Waals surface area contributed by atoms with E-state index in [1.165, 1.54) is 34.8 Å². The van der Waals surface area contributed by atoms with Crippen molar-refractivity contribution >= 4 is 5.91 Å². The van der Waals surface area contributed by atoms with Crippen molar-refractivity contribution in [1.82, 2.24) is 5.32 Å². The van der Waals surface area contributed by atoms with E-state index in [4.69, 9.17) is 37.9 Å². The number of ether oxygens (including phenoxy) is 8. The molecule has 4 heterocycles. The predicted molar refractivity (Wildman–Crippen MR) is 163 cm³/mol. The fourth-order valence-electron chi connectivity index (χ4n) is 6.65.